The molecule has 0 aromatic rings. The lowest BCUT2D eigenvalue weighted by Gasteiger charge is -2.32. The first-order valence-corrected chi connectivity index (χ1v) is 8.62. The van der Waals surface area contributed by atoms with Crippen molar-refractivity contribution in [3.8, 4) is 0 Å². The van der Waals surface area contributed by atoms with Gasteiger partial charge in [0.25, 0.3) is 0 Å². The topological polar surface area (TPSA) is 26.0 Å². The Kier molecular flexibility index (Phi) is 9.16. The van der Waals surface area contributed by atoms with E-state index in [-0.39, 0.29) is 0 Å². The summed E-state index contributed by atoms with van der Waals surface area (Å²) < 4.78 is 1.21. The normalized spacial score (nSPS) is 18.3. The van der Waals surface area contributed by atoms with E-state index in [0.717, 1.165) is 12.4 Å². The molecule has 0 aliphatic carbocycles. The molecule has 1 heterocycles. The van der Waals surface area contributed by atoms with Crippen LogP contribution < -0.4 is 5.73 Å². The van der Waals surface area contributed by atoms with Gasteiger partial charge in [-0.1, -0.05) is 32.1 Å². The van der Waals surface area contributed by atoms with E-state index in [1.807, 2.05) is 0 Å². The van der Waals surface area contributed by atoms with Gasteiger partial charge in [0, 0.05) is 12.8 Å². The molecule has 0 unspecified atom stereocenters. The lowest BCUT2D eigenvalue weighted by molar-refractivity contribution is -0.916. The Hall–Kier alpha value is 0.270. The first kappa shape index (κ1) is 16.3. The maximum absolute atomic E-state index is 5.94. The Morgan fingerprint density at radius 1 is 0.778 bits per heavy atom. The first-order chi connectivity index (χ1) is 8.83. The quantitative estimate of drug-likeness (QED) is 0.336. The number of nitrogens with zero attached hydrogens (tertiary/aromatic N) is 1. The summed E-state index contributed by atoms with van der Waals surface area (Å²) in [5.41, 5.74) is 5.94. The third-order valence-corrected chi connectivity index (χ3v) is 4.76. The van der Waals surface area contributed by atoms with Gasteiger partial charge in [0.05, 0.1) is 19.6 Å². The zero-order valence-electron chi connectivity index (χ0n) is 12.1. The van der Waals surface area contributed by atoms with Gasteiger partial charge in [-0.05, 0) is 25.0 Å². The molecule has 1 fully saturated rings. The van der Waals surface area contributed by atoms with E-state index < -0.39 is 0 Å². The lowest BCUT2D eigenvalue weighted by atomic mass is 10.1. The molecule has 1 rings (SSSR count). The molecule has 18 heavy (non-hydrogen) atoms. The number of nitrogens with two attached hydrogens (primary N) is 1. The number of hydrogen-bond donors (Lipinski definition) is 2. The summed E-state index contributed by atoms with van der Waals surface area (Å²) in [5.74, 6) is 1.05. The molecule has 1 aliphatic heterocycles. The minimum atomic E-state index is 0.865. The number of likely N-dealkylation sites (tertiary alicyclic amines) is 1. The molecular formula is C15H33N2S+. The van der Waals surface area contributed by atoms with Crippen LogP contribution in [0, 0.1) is 0 Å². The van der Waals surface area contributed by atoms with E-state index in [2.05, 4.69) is 12.6 Å². The first-order valence-electron chi connectivity index (χ1n) is 7.99. The molecule has 1 saturated heterocycles. The monoisotopic (exact) mass is 273 g/mol. The number of unbranched alkanes of at least 4 members (excludes halogenated alkanes) is 7. The fourth-order valence-electron chi connectivity index (χ4n) is 3.12. The van der Waals surface area contributed by atoms with Crippen molar-refractivity contribution in [2.45, 2.75) is 64.2 Å². The van der Waals surface area contributed by atoms with Crippen molar-refractivity contribution < 1.29 is 4.48 Å². The highest BCUT2D eigenvalue weighted by atomic mass is 32.1. The second-order valence-electron chi connectivity index (χ2n) is 5.95. The van der Waals surface area contributed by atoms with Crippen LogP contribution in [0.25, 0.3) is 0 Å². The van der Waals surface area contributed by atoms with Gasteiger partial charge in [0.1, 0.15) is 6.67 Å². The average Bonchev–Trinajstić information content (AvgIpc) is 2.86. The molecule has 108 valence electrons. The molecule has 0 atom stereocenters. The number of rotatable bonds is 11. The second-order valence-corrected chi connectivity index (χ2v) is 6.40. The summed E-state index contributed by atoms with van der Waals surface area (Å²) in [6.07, 6.45) is 13.9. The maximum Gasteiger partial charge on any atom is 0.130 e. The number of hydrogen-bond acceptors (Lipinski definition) is 2. The molecule has 0 radical (unpaired) electrons. The van der Waals surface area contributed by atoms with Crippen molar-refractivity contribution in [2.24, 2.45) is 5.73 Å². The third-order valence-electron chi connectivity index (χ3n) is 4.44. The summed E-state index contributed by atoms with van der Waals surface area (Å²) in [5, 5.41) is 0. The summed E-state index contributed by atoms with van der Waals surface area (Å²) in [6, 6.07) is 0. The Morgan fingerprint density at radius 2 is 1.28 bits per heavy atom. The van der Waals surface area contributed by atoms with Gasteiger partial charge in [-0.15, -0.1) is 0 Å². The van der Waals surface area contributed by atoms with Crippen LogP contribution in [0.4, 0.5) is 0 Å². The predicted octanol–water partition coefficient (Wildman–Crippen LogP) is 3.56. The highest BCUT2D eigenvalue weighted by Gasteiger charge is 2.29. The van der Waals surface area contributed by atoms with Gasteiger partial charge in [-0.2, -0.15) is 12.6 Å². The Morgan fingerprint density at radius 3 is 1.78 bits per heavy atom. The molecule has 1 aliphatic rings. The summed E-state index contributed by atoms with van der Waals surface area (Å²) in [7, 11) is 0. The molecule has 0 aromatic heterocycles. The van der Waals surface area contributed by atoms with Crippen LogP contribution in [-0.4, -0.2) is 36.5 Å². The highest BCUT2D eigenvalue weighted by Crippen LogP contribution is 2.19. The fourth-order valence-corrected chi connectivity index (χ4v) is 3.35. The van der Waals surface area contributed by atoms with Gasteiger partial charge in [-0.25, -0.2) is 0 Å². The van der Waals surface area contributed by atoms with E-state index >= 15 is 0 Å². The van der Waals surface area contributed by atoms with Gasteiger partial charge in [-0.3, -0.25) is 5.73 Å². The van der Waals surface area contributed by atoms with Crippen LogP contribution in [0.1, 0.15) is 64.2 Å². The summed E-state index contributed by atoms with van der Waals surface area (Å²) in [4.78, 5) is 0. The van der Waals surface area contributed by atoms with Crippen molar-refractivity contribution in [1.29, 1.82) is 0 Å². The van der Waals surface area contributed by atoms with Crippen LogP contribution >= 0.6 is 12.6 Å². The number of thiol groups is 1. The van der Waals surface area contributed by atoms with Crippen molar-refractivity contribution in [2.75, 3.05) is 32.1 Å². The predicted molar refractivity (Wildman–Crippen MR) is 83.9 cm³/mol. The molecule has 0 spiro atoms. The van der Waals surface area contributed by atoms with E-state index in [9.17, 15) is 0 Å². The minimum absolute atomic E-state index is 0.865. The van der Waals surface area contributed by atoms with E-state index in [1.165, 1.54) is 88.3 Å². The third kappa shape index (κ3) is 6.44. The van der Waals surface area contributed by atoms with Crippen molar-refractivity contribution >= 4 is 12.6 Å². The van der Waals surface area contributed by atoms with Gasteiger partial charge >= 0.3 is 0 Å². The van der Waals surface area contributed by atoms with Crippen LogP contribution in [-0.2, 0) is 0 Å². The van der Waals surface area contributed by atoms with Gasteiger partial charge in [0.2, 0.25) is 0 Å². The van der Waals surface area contributed by atoms with E-state index in [1.54, 1.807) is 0 Å². The van der Waals surface area contributed by atoms with Crippen molar-refractivity contribution in [1.82, 2.24) is 0 Å². The zero-order chi connectivity index (χ0) is 13.1. The second kappa shape index (κ2) is 10.1. The molecule has 0 amide bonds. The fraction of sp³-hybridized carbons (Fsp3) is 1.00. The van der Waals surface area contributed by atoms with Gasteiger partial charge < -0.3 is 4.48 Å². The largest absolute Gasteiger partial charge is 0.311 e. The molecule has 0 bridgehead atoms. The Labute approximate surface area is 119 Å². The summed E-state index contributed by atoms with van der Waals surface area (Å²) in [6.45, 7) is 4.86. The van der Waals surface area contributed by atoms with E-state index in [0.29, 0.717) is 0 Å². The Balaban J connectivity index is 1.89. The molecule has 3 heteroatoms. The molecular weight excluding hydrogens is 240 g/mol. The maximum atomic E-state index is 5.94. The van der Waals surface area contributed by atoms with Crippen LogP contribution in [0.5, 0.6) is 0 Å². The van der Waals surface area contributed by atoms with Gasteiger partial charge in [0.15, 0.2) is 0 Å². The number of quaternary nitrogens is 1. The Bertz CT molecular complexity index is 191. The van der Waals surface area contributed by atoms with Crippen molar-refractivity contribution in [3.63, 3.8) is 0 Å². The van der Waals surface area contributed by atoms with Crippen LogP contribution in [0.15, 0.2) is 0 Å². The molecule has 2 nitrogen and oxygen atoms in total. The average molecular weight is 274 g/mol. The van der Waals surface area contributed by atoms with E-state index in [4.69, 9.17) is 5.73 Å². The van der Waals surface area contributed by atoms with Crippen molar-refractivity contribution in [3.05, 3.63) is 0 Å². The standard InChI is InChI=1S/C15H32N2S/c16-15-17(12-8-9-13-17)11-7-5-3-1-2-4-6-10-14-18/h1-16H2/p+1. The smallest absolute Gasteiger partial charge is 0.130 e. The highest BCUT2D eigenvalue weighted by molar-refractivity contribution is 7.80. The molecule has 0 saturated carbocycles. The van der Waals surface area contributed by atoms with Crippen LogP contribution in [0.2, 0.25) is 0 Å². The minimum Gasteiger partial charge on any atom is -0.311 e. The SMILES string of the molecule is NC[N+]1(CCCCCCCCCCS)CCCC1. The van der Waals surface area contributed by atoms with Crippen LogP contribution in [0.3, 0.4) is 0 Å². The molecule has 0 aromatic carbocycles. The molecule has 2 N–H and O–H groups in total. The zero-order valence-corrected chi connectivity index (χ0v) is 13.0. The lowest BCUT2D eigenvalue weighted by Crippen LogP contribution is -2.49. The summed E-state index contributed by atoms with van der Waals surface area (Å²) >= 11 is 4.24.